The lowest BCUT2D eigenvalue weighted by atomic mass is 9.89. The first kappa shape index (κ1) is 35.3. The Hall–Kier alpha value is -8.28. The fraction of sp³-hybridized carbons (Fsp3) is 0.0508. The van der Waals surface area contributed by atoms with Crippen molar-refractivity contribution in [1.29, 1.82) is 0 Å². The largest absolute Gasteiger partial charge is 0.455 e. The number of hydrogen-bond donors (Lipinski definition) is 0. The molecule has 0 saturated carbocycles. The van der Waals surface area contributed by atoms with Gasteiger partial charge in [-0.3, -0.25) is 0 Å². The zero-order valence-corrected chi connectivity index (χ0v) is 35.4. The van der Waals surface area contributed by atoms with Crippen LogP contribution in [0.3, 0.4) is 0 Å². The van der Waals surface area contributed by atoms with Crippen molar-refractivity contribution < 1.29 is 13.3 Å². The predicted molar refractivity (Wildman–Crippen MR) is 266 cm³/mol. The SMILES string of the molecule is Cc1ccc(C)c(N(c2cc3c4cc5c6c(cccc6c4oc3c3ccccc23)-c2ccc(C)cc2N5c2cccc3c2oc2ccccc23)c2cccc3c2oc2ccccc23)c1. The molecule has 10 aromatic carbocycles. The van der Waals surface area contributed by atoms with Crippen LogP contribution in [0.2, 0.25) is 0 Å². The summed E-state index contributed by atoms with van der Waals surface area (Å²) < 4.78 is 20.8. The molecule has 14 rings (SSSR count). The Kier molecular flexibility index (Phi) is 7.11. The molecule has 5 nitrogen and oxygen atoms in total. The highest BCUT2D eigenvalue weighted by molar-refractivity contribution is 6.29. The second-order valence-corrected chi connectivity index (χ2v) is 17.4. The summed E-state index contributed by atoms with van der Waals surface area (Å²) in [4.78, 5) is 4.83. The number of aryl methyl sites for hydroxylation is 3. The fourth-order valence-corrected chi connectivity index (χ4v) is 10.7. The molecule has 0 radical (unpaired) electrons. The van der Waals surface area contributed by atoms with Gasteiger partial charge in [-0.05, 0) is 91.6 Å². The van der Waals surface area contributed by atoms with Crippen LogP contribution in [-0.2, 0) is 0 Å². The number of hydrogen-bond acceptors (Lipinski definition) is 5. The van der Waals surface area contributed by atoms with Gasteiger partial charge in [0.1, 0.15) is 22.3 Å². The molecule has 0 amide bonds. The summed E-state index contributed by atoms with van der Waals surface area (Å²) in [6.07, 6.45) is 0. The van der Waals surface area contributed by atoms with Crippen molar-refractivity contribution in [3.63, 3.8) is 0 Å². The van der Waals surface area contributed by atoms with Crippen molar-refractivity contribution >= 4 is 121 Å². The summed E-state index contributed by atoms with van der Waals surface area (Å²) in [6.45, 7) is 6.53. The molecule has 64 heavy (non-hydrogen) atoms. The molecule has 0 saturated heterocycles. The Labute approximate surface area is 367 Å². The zero-order chi connectivity index (χ0) is 42.4. The van der Waals surface area contributed by atoms with Crippen LogP contribution in [-0.4, -0.2) is 0 Å². The smallest absolute Gasteiger partial charge is 0.159 e. The van der Waals surface area contributed by atoms with Crippen molar-refractivity contribution in [1.82, 2.24) is 0 Å². The van der Waals surface area contributed by atoms with Crippen molar-refractivity contribution in [2.45, 2.75) is 20.8 Å². The minimum atomic E-state index is 0.846. The molecule has 5 heteroatoms. The average molecular weight is 823 g/mol. The van der Waals surface area contributed by atoms with Crippen molar-refractivity contribution in [2.75, 3.05) is 9.80 Å². The van der Waals surface area contributed by atoms with E-state index in [1.54, 1.807) is 0 Å². The Balaban J connectivity index is 1.11. The van der Waals surface area contributed by atoms with Crippen molar-refractivity contribution in [2.24, 2.45) is 0 Å². The third-order valence-corrected chi connectivity index (χ3v) is 13.6. The van der Waals surface area contributed by atoms with Gasteiger partial charge in [0.25, 0.3) is 0 Å². The maximum absolute atomic E-state index is 7.24. The van der Waals surface area contributed by atoms with Gasteiger partial charge < -0.3 is 23.1 Å². The van der Waals surface area contributed by atoms with E-state index < -0.39 is 0 Å². The van der Waals surface area contributed by atoms with Crippen molar-refractivity contribution in [3.8, 4) is 11.1 Å². The molecule has 302 valence electrons. The first-order chi connectivity index (χ1) is 31.5. The summed E-state index contributed by atoms with van der Waals surface area (Å²) >= 11 is 0. The molecule has 4 heterocycles. The summed E-state index contributed by atoms with van der Waals surface area (Å²) in [5.41, 5.74) is 17.4. The number of para-hydroxylation sites is 4. The summed E-state index contributed by atoms with van der Waals surface area (Å²) in [6, 6.07) is 63.2. The third-order valence-electron chi connectivity index (χ3n) is 13.6. The zero-order valence-electron chi connectivity index (χ0n) is 35.4. The van der Waals surface area contributed by atoms with Crippen LogP contribution in [0.1, 0.15) is 16.7 Å². The summed E-state index contributed by atoms with van der Waals surface area (Å²) in [7, 11) is 0. The van der Waals surface area contributed by atoms with E-state index in [9.17, 15) is 0 Å². The monoisotopic (exact) mass is 822 g/mol. The molecule has 0 bridgehead atoms. The van der Waals surface area contributed by atoms with E-state index >= 15 is 0 Å². The molecule has 0 spiro atoms. The number of fused-ring (bicyclic) bond motifs is 14. The van der Waals surface area contributed by atoms with E-state index in [4.69, 9.17) is 13.3 Å². The average Bonchev–Trinajstić information content (AvgIpc) is 4.03. The first-order valence-corrected chi connectivity index (χ1v) is 21.9. The van der Waals surface area contributed by atoms with Gasteiger partial charge in [-0.1, -0.05) is 127 Å². The minimum absolute atomic E-state index is 0.846. The standard InChI is InChI=1S/C59H38N2O3/c1-33-25-27-35(3)49(29-33)60(47-21-11-18-42-38-14-6-8-23-53(38)62-58(42)47)51-31-45-46-32-52-55-40(17-10-20-44(55)57(46)64-56(45)41-16-5-4-13-36(41)51)37-28-26-34(2)30-50(37)61(52)48-22-12-19-43-39-15-7-9-24-54(39)63-59(43)48/h4-32H,1-3H3. The van der Waals surface area contributed by atoms with Gasteiger partial charge in [0.05, 0.1) is 28.4 Å². The van der Waals surface area contributed by atoms with Gasteiger partial charge in [-0.25, -0.2) is 0 Å². The topological polar surface area (TPSA) is 45.9 Å². The van der Waals surface area contributed by atoms with E-state index in [2.05, 4.69) is 194 Å². The van der Waals surface area contributed by atoms with Crippen LogP contribution in [0, 0.1) is 20.8 Å². The van der Waals surface area contributed by atoms with Gasteiger partial charge in [-0.15, -0.1) is 0 Å². The van der Waals surface area contributed by atoms with Gasteiger partial charge in [0.15, 0.2) is 11.2 Å². The highest BCUT2D eigenvalue weighted by Crippen LogP contribution is 2.56. The summed E-state index contributed by atoms with van der Waals surface area (Å²) in [5, 5.41) is 10.8. The van der Waals surface area contributed by atoms with Gasteiger partial charge in [0, 0.05) is 65.1 Å². The Morgan fingerprint density at radius 1 is 0.344 bits per heavy atom. The highest BCUT2D eigenvalue weighted by Gasteiger charge is 2.32. The molecule has 3 aromatic heterocycles. The minimum Gasteiger partial charge on any atom is -0.455 e. The molecule has 13 aromatic rings. The van der Waals surface area contributed by atoms with E-state index in [1.165, 1.54) is 22.3 Å². The molecule has 0 unspecified atom stereocenters. The van der Waals surface area contributed by atoms with E-state index in [0.717, 1.165) is 127 Å². The molecule has 0 fully saturated rings. The molecule has 0 N–H and O–H groups in total. The molecule has 0 aliphatic carbocycles. The predicted octanol–water partition coefficient (Wildman–Crippen LogP) is 17.5. The highest BCUT2D eigenvalue weighted by atomic mass is 16.3. The van der Waals surface area contributed by atoms with Gasteiger partial charge in [-0.2, -0.15) is 0 Å². The number of benzene rings is 10. The lowest BCUT2D eigenvalue weighted by Crippen LogP contribution is -2.15. The maximum Gasteiger partial charge on any atom is 0.159 e. The van der Waals surface area contributed by atoms with Crippen LogP contribution in [0.25, 0.3) is 98.5 Å². The fourth-order valence-electron chi connectivity index (χ4n) is 10.7. The molecular formula is C59H38N2O3. The lowest BCUT2D eigenvalue weighted by Gasteiger charge is -2.33. The van der Waals surface area contributed by atoms with Crippen molar-refractivity contribution in [3.05, 3.63) is 193 Å². The Bertz CT molecular complexity index is 4150. The van der Waals surface area contributed by atoms with Crippen LogP contribution in [0.5, 0.6) is 0 Å². The van der Waals surface area contributed by atoms with E-state index in [-0.39, 0.29) is 0 Å². The Morgan fingerprint density at radius 2 is 0.938 bits per heavy atom. The normalized spacial score (nSPS) is 12.6. The molecule has 1 aliphatic heterocycles. The molecule has 1 aliphatic rings. The van der Waals surface area contributed by atoms with Crippen LogP contribution < -0.4 is 9.80 Å². The quantitative estimate of drug-likeness (QED) is 0.177. The number of furan rings is 3. The van der Waals surface area contributed by atoms with E-state index in [0.29, 0.717) is 0 Å². The summed E-state index contributed by atoms with van der Waals surface area (Å²) in [5.74, 6) is 0. The third kappa shape index (κ3) is 4.78. The number of anilines is 6. The van der Waals surface area contributed by atoms with Crippen LogP contribution >= 0.6 is 0 Å². The molecule has 0 atom stereocenters. The van der Waals surface area contributed by atoms with E-state index in [1.807, 2.05) is 12.1 Å². The Morgan fingerprint density at radius 3 is 1.75 bits per heavy atom. The van der Waals surface area contributed by atoms with Crippen LogP contribution in [0.15, 0.2) is 189 Å². The van der Waals surface area contributed by atoms with Gasteiger partial charge >= 0.3 is 0 Å². The van der Waals surface area contributed by atoms with Gasteiger partial charge in [0.2, 0.25) is 0 Å². The second-order valence-electron chi connectivity index (χ2n) is 17.4. The number of nitrogens with zero attached hydrogens (tertiary/aromatic N) is 2. The maximum atomic E-state index is 7.24. The first-order valence-electron chi connectivity index (χ1n) is 21.9. The lowest BCUT2D eigenvalue weighted by molar-refractivity contribution is 0.668. The number of rotatable bonds is 4. The second kappa shape index (κ2) is 12.9. The van der Waals surface area contributed by atoms with Crippen LogP contribution in [0.4, 0.5) is 34.1 Å². The molecular weight excluding hydrogens is 785 g/mol.